The Morgan fingerprint density at radius 1 is 1.40 bits per heavy atom. The van der Waals surface area contributed by atoms with E-state index in [4.69, 9.17) is 4.74 Å². The SMILES string of the molecule is CC(F)CCCC(=O)Oc1ccccc1. The summed E-state index contributed by atoms with van der Waals surface area (Å²) in [6.45, 7) is 1.49. The fourth-order valence-corrected chi connectivity index (χ4v) is 1.20. The van der Waals surface area contributed by atoms with Gasteiger partial charge in [0.25, 0.3) is 0 Å². The minimum absolute atomic E-state index is 0.267. The van der Waals surface area contributed by atoms with Gasteiger partial charge in [-0.15, -0.1) is 0 Å². The van der Waals surface area contributed by atoms with Gasteiger partial charge in [0, 0.05) is 6.42 Å². The topological polar surface area (TPSA) is 26.3 Å². The molecule has 0 fully saturated rings. The van der Waals surface area contributed by atoms with E-state index in [1.807, 2.05) is 6.07 Å². The molecule has 3 heteroatoms. The first-order valence-corrected chi connectivity index (χ1v) is 5.08. The summed E-state index contributed by atoms with van der Waals surface area (Å²) in [6, 6.07) is 8.88. The Hall–Kier alpha value is -1.38. The van der Waals surface area contributed by atoms with Gasteiger partial charge in [0.15, 0.2) is 0 Å². The van der Waals surface area contributed by atoms with E-state index < -0.39 is 6.17 Å². The minimum Gasteiger partial charge on any atom is -0.427 e. The number of rotatable bonds is 5. The summed E-state index contributed by atoms with van der Waals surface area (Å²) in [7, 11) is 0. The number of hydrogen-bond acceptors (Lipinski definition) is 2. The summed E-state index contributed by atoms with van der Waals surface area (Å²) in [4.78, 5) is 11.2. The molecule has 1 atom stereocenters. The largest absolute Gasteiger partial charge is 0.427 e. The van der Waals surface area contributed by atoms with Crippen LogP contribution in [-0.2, 0) is 4.79 Å². The maximum atomic E-state index is 12.4. The molecule has 0 radical (unpaired) electrons. The molecule has 82 valence electrons. The van der Waals surface area contributed by atoms with Crippen LogP contribution in [0.25, 0.3) is 0 Å². The molecular formula is C12H15FO2. The van der Waals surface area contributed by atoms with Crippen LogP contribution in [0.4, 0.5) is 4.39 Å². The van der Waals surface area contributed by atoms with Crippen molar-refractivity contribution in [2.75, 3.05) is 0 Å². The maximum absolute atomic E-state index is 12.4. The molecule has 0 bridgehead atoms. The van der Waals surface area contributed by atoms with Gasteiger partial charge in [0.05, 0.1) is 6.17 Å². The first kappa shape index (κ1) is 11.7. The van der Waals surface area contributed by atoms with Crippen molar-refractivity contribution >= 4 is 5.97 Å². The highest BCUT2D eigenvalue weighted by Crippen LogP contribution is 2.11. The number of alkyl halides is 1. The fourth-order valence-electron chi connectivity index (χ4n) is 1.20. The second-order valence-corrected chi connectivity index (χ2v) is 3.46. The molecule has 0 aromatic heterocycles. The van der Waals surface area contributed by atoms with Crippen molar-refractivity contribution in [1.29, 1.82) is 0 Å². The van der Waals surface area contributed by atoms with Gasteiger partial charge in [0.1, 0.15) is 5.75 Å². The quantitative estimate of drug-likeness (QED) is 0.551. The van der Waals surface area contributed by atoms with Crippen molar-refractivity contribution in [3.05, 3.63) is 30.3 Å². The van der Waals surface area contributed by atoms with Crippen LogP contribution in [0.5, 0.6) is 5.75 Å². The lowest BCUT2D eigenvalue weighted by Gasteiger charge is -2.04. The smallest absolute Gasteiger partial charge is 0.311 e. The fraction of sp³-hybridized carbons (Fsp3) is 0.417. The Labute approximate surface area is 89.1 Å². The standard InChI is InChI=1S/C12H15FO2/c1-10(13)6-5-9-12(14)15-11-7-3-2-4-8-11/h2-4,7-8,10H,5-6,9H2,1H3. The third kappa shape index (κ3) is 5.15. The summed E-state index contributed by atoms with van der Waals surface area (Å²) in [5.41, 5.74) is 0. The summed E-state index contributed by atoms with van der Waals surface area (Å²) < 4.78 is 17.5. The minimum atomic E-state index is -0.852. The summed E-state index contributed by atoms with van der Waals surface area (Å²) in [6.07, 6.45) is 0.352. The third-order valence-electron chi connectivity index (χ3n) is 1.96. The molecular weight excluding hydrogens is 195 g/mol. The zero-order valence-corrected chi connectivity index (χ0v) is 8.78. The average Bonchev–Trinajstić information content (AvgIpc) is 2.18. The van der Waals surface area contributed by atoms with E-state index in [2.05, 4.69) is 0 Å². The Kier molecular flexibility index (Phi) is 4.81. The van der Waals surface area contributed by atoms with Crippen LogP contribution in [-0.4, -0.2) is 12.1 Å². The molecule has 0 aliphatic rings. The van der Waals surface area contributed by atoms with Crippen molar-refractivity contribution in [3.8, 4) is 5.75 Å². The van der Waals surface area contributed by atoms with Crippen molar-refractivity contribution in [1.82, 2.24) is 0 Å². The second-order valence-electron chi connectivity index (χ2n) is 3.46. The Bertz CT molecular complexity index is 296. The van der Waals surface area contributed by atoms with E-state index in [0.29, 0.717) is 18.6 Å². The molecule has 0 saturated carbocycles. The number of halogens is 1. The molecule has 1 aromatic carbocycles. The van der Waals surface area contributed by atoms with E-state index in [9.17, 15) is 9.18 Å². The van der Waals surface area contributed by atoms with Crippen LogP contribution in [0.15, 0.2) is 30.3 Å². The number of carbonyl (C=O) groups is 1. The van der Waals surface area contributed by atoms with Gasteiger partial charge in [-0.1, -0.05) is 18.2 Å². The lowest BCUT2D eigenvalue weighted by atomic mass is 10.2. The normalized spacial score (nSPS) is 12.1. The van der Waals surface area contributed by atoms with Gasteiger partial charge < -0.3 is 4.74 Å². The average molecular weight is 210 g/mol. The van der Waals surface area contributed by atoms with Crippen LogP contribution in [0.2, 0.25) is 0 Å². The molecule has 0 N–H and O–H groups in total. The number of ether oxygens (including phenoxy) is 1. The van der Waals surface area contributed by atoms with Crippen molar-refractivity contribution in [3.63, 3.8) is 0 Å². The lowest BCUT2D eigenvalue weighted by Crippen LogP contribution is -2.08. The molecule has 15 heavy (non-hydrogen) atoms. The van der Waals surface area contributed by atoms with Crippen molar-refractivity contribution in [2.24, 2.45) is 0 Å². The van der Waals surface area contributed by atoms with E-state index in [1.54, 1.807) is 24.3 Å². The first-order valence-electron chi connectivity index (χ1n) is 5.08. The number of carbonyl (C=O) groups excluding carboxylic acids is 1. The highest BCUT2D eigenvalue weighted by atomic mass is 19.1. The molecule has 0 heterocycles. The van der Waals surface area contributed by atoms with Crippen LogP contribution >= 0.6 is 0 Å². The molecule has 1 rings (SSSR count). The van der Waals surface area contributed by atoms with Gasteiger partial charge >= 0.3 is 5.97 Å². The van der Waals surface area contributed by atoms with Gasteiger partial charge in [0.2, 0.25) is 0 Å². The van der Waals surface area contributed by atoms with Crippen LogP contribution < -0.4 is 4.74 Å². The Morgan fingerprint density at radius 2 is 2.07 bits per heavy atom. The van der Waals surface area contributed by atoms with Gasteiger partial charge in [-0.2, -0.15) is 0 Å². The van der Waals surface area contributed by atoms with Crippen LogP contribution in [0.3, 0.4) is 0 Å². The molecule has 2 nitrogen and oxygen atoms in total. The molecule has 0 amide bonds. The zero-order chi connectivity index (χ0) is 11.1. The lowest BCUT2D eigenvalue weighted by molar-refractivity contribution is -0.134. The van der Waals surface area contributed by atoms with Crippen LogP contribution in [0, 0.1) is 0 Å². The van der Waals surface area contributed by atoms with E-state index in [1.165, 1.54) is 6.92 Å². The third-order valence-corrected chi connectivity index (χ3v) is 1.96. The summed E-state index contributed by atoms with van der Waals surface area (Å²) in [5, 5.41) is 0. The van der Waals surface area contributed by atoms with Gasteiger partial charge in [-0.25, -0.2) is 4.39 Å². The summed E-state index contributed by atoms with van der Waals surface area (Å²) >= 11 is 0. The number of hydrogen-bond donors (Lipinski definition) is 0. The highest BCUT2D eigenvalue weighted by molar-refractivity contribution is 5.72. The van der Waals surface area contributed by atoms with Crippen molar-refractivity contribution < 1.29 is 13.9 Å². The van der Waals surface area contributed by atoms with E-state index in [0.717, 1.165) is 0 Å². The van der Waals surface area contributed by atoms with E-state index in [-0.39, 0.29) is 12.4 Å². The maximum Gasteiger partial charge on any atom is 0.311 e. The monoisotopic (exact) mass is 210 g/mol. The molecule has 0 aliphatic carbocycles. The first-order chi connectivity index (χ1) is 7.18. The van der Waals surface area contributed by atoms with Gasteiger partial charge in [-0.05, 0) is 31.9 Å². The zero-order valence-electron chi connectivity index (χ0n) is 8.78. The molecule has 1 unspecified atom stereocenters. The predicted octanol–water partition coefficient (Wildman–Crippen LogP) is 3.12. The number of benzene rings is 1. The van der Waals surface area contributed by atoms with Crippen molar-refractivity contribution in [2.45, 2.75) is 32.4 Å². The molecule has 0 aliphatic heterocycles. The highest BCUT2D eigenvalue weighted by Gasteiger charge is 2.05. The molecule has 1 aromatic rings. The van der Waals surface area contributed by atoms with E-state index >= 15 is 0 Å². The second kappa shape index (κ2) is 6.17. The Balaban J connectivity index is 2.25. The molecule has 0 spiro atoms. The number of para-hydroxylation sites is 1. The number of esters is 1. The summed E-state index contributed by atoms with van der Waals surface area (Å²) in [5.74, 6) is 0.234. The predicted molar refractivity (Wildman–Crippen MR) is 56.5 cm³/mol. The van der Waals surface area contributed by atoms with Crippen LogP contribution in [0.1, 0.15) is 26.2 Å². The Morgan fingerprint density at radius 3 is 2.67 bits per heavy atom. The molecule has 0 saturated heterocycles. The van der Waals surface area contributed by atoms with Gasteiger partial charge in [-0.3, -0.25) is 4.79 Å².